The predicted molar refractivity (Wildman–Crippen MR) is 118 cm³/mol. The van der Waals surface area contributed by atoms with Gasteiger partial charge in [0.15, 0.2) is 5.96 Å². The van der Waals surface area contributed by atoms with Gasteiger partial charge >= 0.3 is 0 Å². The summed E-state index contributed by atoms with van der Waals surface area (Å²) in [5.74, 6) is 1.56. The Hall–Kier alpha value is -2.76. The number of para-hydroxylation sites is 1. The van der Waals surface area contributed by atoms with Crippen LogP contribution in [0.3, 0.4) is 0 Å². The van der Waals surface area contributed by atoms with Gasteiger partial charge in [-0.25, -0.2) is 4.98 Å². The summed E-state index contributed by atoms with van der Waals surface area (Å²) in [6.07, 6.45) is 8.16. The Labute approximate surface area is 173 Å². The Morgan fingerprint density at radius 1 is 1.14 bits per heavy atom. The smallest absolute Gasteiger partial charge is 0.213 e. The molecule has 0 bridgehead atoms. The number of nitrogens with one attached hydrogen (secondary N) is 2. The Morgan fingerprint density at radius 3 is 2.69 bits per heavy atom. The number of benzene rings is 1. The van der Waals surface area contributed by atoms with Crippen LogP contribution in [-0.4, -0.2) is 43.2 Å². The molecule has 2 heterocycles. The third kappa shape index (κ3) is 5.40. The fourth-order valence-electron chi connectivity index (χ4n) is 4.09. The minimum atomic E-state index is 0.344. The van der Waals surface area contributed by atoms with E-state index in [-0.39, 0.29) is 0 Å². The van der Waals surface area contributed by atoms with Gasteiger partial charge in [0.2, 0.25) is 5.88 Å². The molecule has 6 heteroatoms. The molecule has 1 aliphatic carbocycles. The van der Waals surface area contributed by atoms with Gasteiger partial charge in [0.25, 0.3) is 0 Å². The molecule has 2 N–H and O–H groups in total. The Bertz CT molecular complexity index is 787. The molecular weight excluding hydrogens is 362 g/mol. The van der Waals surface area contributed by atoms with Crippen molar-refractivity contribution in [2.24, 2.45) is 4.99 Å². The van der Waals surface area contributed by atoms with Crippen molar-refractivity contribution in [3.8, 4) is 5.88 Å². The van der Waals surface area contributed by atoms with Crippen molar-refractivity contribution in [3.05, 3.63) is 54.2 Å². The van der Waals surface area contributed by atoms with Crippen molar-refractivity contribution in [2.75, 3.05) is 25.0 Å². The lowest BCUT2D eigenvalue weighted by molar-refractivity contribution is 0.201. The molecule has 6 nitrogen and oxygen atoms in total. The highest BCUT2D eigenvalue weighted by molar-refractivity contribution is 5.80. The van der Waals surface area contributed by atoms with Crippen molar-refractivity contribution in [1.82, 2.24) is 15.6 Å². The minimum absolute atomic E-state index is 0.344. The lowest BCUT2D eigenvalue weighted by atomic mass is 10.2. The monoisotopic (exact) mass is 393 g/mol. The van der Waals surface area contributed by atoms with Crippen molar-refractivity contribution >= 4 is 11.6 Å². The summed E-state index contributed by atoms with van der Waals surface area (Å²) in [6.45, 7) is 2.73. The summed E-state index contributed by atoms with van der Waals surface area (Å²) in [7, 11) is 1.82. The summed E-state index contributed by atoms with van der Waals surface area (Å²) >= 11 is 0. The quantitative estimate of drug-likeness (QED) is 0.582. The molecular formula is C23H31N5O. The number of guanidine groups is 1. The molecule has 1 saturated carbocycles. The Morgan fingerprint density at radius 2 is 1.97 bits per heavy atom. The van der Waals surface area contributed by atoms with Gasteiger partial charge < -0.3 is 20.3 Å². The van der Waals surface area contributed by atoms with E-state index in [2.05, 4.69) is 61.9 Å². The topological polar surface area (TPSA) is 61.8 Å². The van der Waals surface area contributed by atoms with E-state index in [0.29, 0.717) is 18.7 Å². The van der Waals surface area contributed by atoms with Gasteiger partial charge in [0, 0.05) is 50.7 Å². The van der Waals surface area contributed by atoms with E-state index in [9.17, 15) is 0 Å². The third-order valence-corrected chi connectivity index (χ3v) is 5.72. The number of hydrogen-bond donors (Lipinski definition) is 2. The molecule has 0 amide bonds. The van der Waals surface area contributed by atoms with Crippen molar-refractivity contribution < 1.29 is 4.74 Å². The highest BCUT2D eigenvalue weighted by atomic mass is 16.5. The van der Waals surface area contributed by atoms with Crippen LogP contribution >= 0.6 is 0 Å². The van der Waals surface area contributed by atoms with Crippen LogP contribution in [0, 0.1) is 0 Å². The van der Waals surface area contributed by atoms with Crippen LogP contribution in [0.2, 0.25) is 0 Å². The highest BCUT2D eigenvalue weighted by Gasteiger charge is 2.23. The second-order valence-electron chi connectivity index (χ2n) is 7.87. The van der Waals surface area contributed by atoms with Crippen LogP contribution in [0.1, 0.15) is 37.7 Å². The van der Waals surface area contributed by atoms with Gasteiger partial charge in [-0.05, 0) is 49.8 Å². The maximum absolute atomic E-state index is 5.94. The molecule has 154 valence electrons. The average molecular weight is 394 g/mol. The van der Waals surface area contributed by atoms with Gasteiger partial charge in [-0.2, -0.15) is 0 Å². The number of aliphatic imine (C=N–C) groups is 1. The first-order valence-corrected chi connectivity index (χ1v) is 10.7. The Kier molecular flexibility index (Phi) is 6.49. The minimum Gasteiger partial charge on any atom is -0.474 e. The maximum Gasteiger partial charge on any atom is 0.213 e. The zero-order chi connectivity index (χ0) is 19.9. The number of aromatic nitrogens is 1. The molecule has 2 aromatic rings. The zero-order valence-corrected chi connectivity index (χ0v) is 17.2. The van der Waals surface area contributed by atoms with Crippen LogP contribution in [0.15, 0.2) is 53.7 Å². The second-order valence-corrected chi connectivity index (χ2v) is 7.87. The molecule has 0 spiro atoms. The van der Waals surface area contributed by atoms with Crippen LogP contribution in [0.25, 0.3) is 0 Å². The number of ether oxygens (including phenoxy) is 1. The molecule has 0 radical (unpaired) electrons. The zero-order valence-electron chi connectivity index (χ0n) is 17.2. The van der Waals surface area contributed by atoms with Gasteiger partial charge in [-0.3, -0.25) is 4.99 Å². The molecule has 1 aromatic heterocycles. The van der Waals surface area contributed by atoms with Gasteiger partial charge in [-0.1, -0.05) is 24.3 Å². The maximum atomic E-state index is 5.94. The van der Waals surface area contributed by atoms with E-state index >= 15 is 0 Å². The van der Waals surface area contributed by atoms with Crippen LogP contribution in [-0.2, 0) is 6.54 Å². The van der Waals surface area contributed by atoms with Crippen LogP contribution < -0.4 is 20.3 Å². The lowest BCUT2D eigenvalue weighted by Crippen LogP contribution is -2.44. The summed E-state index contributed by atoms with van der Waals surface area (Å²) in [6, 6.07) is 15.0. The number of hydrogen-bond acceptors (Lipinski definition) is 4. The summed E-state index contributed by atoms with van der Waals surface area (Å²) in [5.41, 5.74) is 2.40. The van der Waals surface area contributed by atoms with E-state index in [1.165, 1.54) is 18.5 Å². The summed E-state index contributed by atoms with van der Waals surface area (Å²) in [4.78, 5) is 11.3. The summed E-state index contributed by atoms with van der Waals surface area (Å²) in [5, 5.41) is 6.95. The first kappa shape index (κ1) is 19.6. The largest absolute Gasteiger partial charge is 0.474 e. The highest BCUT2D eigenvalue weighted by Crippen LogP contribution is 2.23. The fourth-order valence-corrected chi connectivity index (χ4v) is 4.09. The first-order chi connectivity index (χ1) is 14.3. The molecule has 2 aliphatic rings. The number of pyridine rings is 1. The Balaban J connectivity index is 1.23. The fraction of sp³-hybridized carbons (Fsp3) is 0.478. The molecule has 1 aromatic carbocycles. The standard InChI is InChI=1S/C23H31N5O/c1-24-23(27-19-13-14-28(17-19)20-7-3-2-4-8-20)26-16-18-11-12-22(25-15-18)29-21-9-5-6-10-21/h2-4,7-8,11-12,15,19,21H,5-6,9-10,13-14,16-17H2,1H3,(H2,24,26,27). The molecule has 4 rings (SSSR count). The summed E-state index contributed by atoms with van der Waals surface area (Å²) < 4.78 is 5.94. The molecule has 1 aliphatic heterocycles. The van der Waals surface area contributed by atoms with Gasteiger partial charge in [-0.15, -0.1) is 0 Å². The second kappa shape index (κ2) is 9.63. The molecule has 2 fully saturated rings. The van der Waals surface area contributed by atoms with Gasteiger partial charge in [0.1, 0.15) is 6.10 Å². The van der Waals surface area contributed by atoms with Crippen molar-refractivity contribution in [1.29, 1.82) is 0 Å². The normalized spacial score (nSPS) is 20.1. The van der Waals surface area contributed by atoms with E-state index < -0.39 is 0 Å². The molecule has 29 heavy (non-hydrogen) atoms. The third-order valence-electron chi connectivity index (χ3n) is 5.72. The van der Waals surface area contributed by atoms with E-state index in [1.54, 1.807) is 0 Å². The first-order valence-electron chi connectivity index (χ1n) is 10.7. The van der Waals surface area contributed by atoms with E-state index in [4.69, 9.17) is 4.74 Å². The number of nitrogens with zero attached hydrogens (tertiary/aromatic N) is 3. The van der Waals surface area contributed by atoms with Crippen molar-refractivity contribution in [2.45, 2.75) is 50.8 Å². The molecule has 1 saturated heterocycles. The van der Waals surface area contributed by atoms with Gasteiger partial charge in [0.05, 0.1) is 0 Å². The van der Waals surface area contributed by atoms with E-state index in [1.807, 2.05) is 19.3 Å². The number of rotatable bonds is 6. The van der Waals surface area contributed by atoms with Crippen LogP contribution in [0.5, 0.6) is 5.88 Å². The van der Waals surface area contributed by atoms with Crippen LogP contribution in [0.4, 0.5) is 5.69 Å². The molecule has 1 atom stereocenters. The average Bonchev–Trinajstić information content (AvgIpc) is 3.45. The molecule has 1 unspecified atom stereocenters. The number of anilines is 1. The lowest BCUT2D eigenvalue weighted by Gasteiger charge is -2.20. The van der Waals surface area contributed by atoms with Crippen molar-refractivity contribution in [3.63, 3.8) is 0 Å². The predicted octanol–water partition coefficient (Wildman–Crippen LogP) is 3.35. The van der Waals surface area contributed by atoms with E-state index in [0.717, 1.165) is 49.8 Å². The SMILES string of the molecule is CN=C(NCc1ccc(OC2CCCC2)nc1)NC1CCN(c2ccccc2)C1.